The van der Waals surface area contributed by atoms with E-state index in [0.29, 0.717) is 12.4 Å². The second-order valence-electron chi connectivity index (χ2n) is 7.65. The van der Waals surface area contributed by atoms with Gasteiger partial charge in [-0.2, -0.15) is 5.10 Å². The quantitative estimate of drug-likeness (QED) is 0.693. The Hall–Kier alpha value is -3.15. The summed E-state index contributed by atoms with van der Waals surface area (Å²) < 4.78 is 2.01. The summed E-state index contributed by atoms with van der Waals surface area (Å²) in [5.41, 5.74) is 3.79. The first-order valence-electron chi connectivity index (χ1n) is 10.2. The van der Waals surface area contributed by atoms with E-state index in [-0.39, 0.29) is 6.03 Å². The maximum Gasteiger partial charge on any atom is 0.326 e. The molecule has 2 heterocycles. The molecular formula is C23H27N5O. The highest BCUT2D eigenvalue weighted by Crippen LogP contribution is 2.25. The van der Waals surface area contributed by atoms with Crippen molar-refractivity contribution >= 4 is 17.4 Å². The van der Waals surface area contributed by atoms with Crippen LogP contribution < -0.4 is 10.2 Å². The third kappa shape index (κ3) is 4.47. The summed E-state index contributed by atoms with van der Waals surface area (Å²) in [5.74, 6) is 1.72. The summed E-state index contributed by atoms with van der Waals surface area (Å²) in [5, 5.41) is 7.71. The number of hydrogen-bond donors (Lipinski definition) is 1. The first-order chi connectivity index (χ1) is 14.1. The number of amides is 2. The Labute approximate surface area is 171 Å². The van der Waals surface area contributed by atoms with Crippen LogP contribution in [-0.4, -0.2) is 20.8 Å². The number of nitrogens with zero attached hydrogens (tertiary/aromatic N) is 4. The number of carbonyl (C=O) groups excluding carboxylic acids is 1. The molecule has 1 N–H and O–H groups in total. The minimum absolute atomic E-state index is 0.185. The van der Waals surface area contributed by atoms with Crippen LogP contribution in [0.3, 0.4) is 0 Å². The molecule has 2 aromatic carbocycles. The lowest BCUT2D eigenvalue weighted by atomic mass is 10.1. The molecule has 1 aliphatic heterocycles. The predicted octanol–water partition coefficient (Wildman–Crippen LogP) is 4.86. The number of benzene rings is 2. The number of fused-ring (bicyclic) bond motifs is 1. The number of urea groups is 1. The standard InChI is InChI=1S/C23H27N5O/c1-17-12-13-18(2)20(15-17)27(23(29)24-19-9-5-3-6-10-19)16-21-25-22-11-7-4-8-14-28(22)26-21/h3,5-6,9-10,12-13,15H,4,7-8,11,14,16H2,1-2H3,(H,24,29). The van der Waals surface area contributed by atoms with Crippen LogP contribution in [0, 0.1) is 13.8 Å². The van der Waals surface area contributed by atoms with Crippen LogP contribution >= 0.6 is 0 Å². The van der Waals surface area contributed by atoms with E-state index in [2.05, 4.69) is 11.4 Å². The molecule has 0 unspecified atom stereocenters. The van der Waals surface area contributed by atoms with Gasteiger partial charge in [0.2, 0.25) is 0 Å². The van der Waals surface area contributed by atoms with Crippen molar-refractivity contribution in [1.82, 2.24) is 14.8 Å². The first-order valence-corrected chi connectivity index (χ1v) is 10.2. The average Bonchev–Trinajstić information content (AvgIpc) is 2.97. The normalized spacial score (nSPS) is 13.4. The highest BCUT2D eigenvalue weighted by Gasteiger charge is 2.22. The van der Waals surface area contributed by atoms with Crippen LogP contribution in [0.4, 0.5) is 16.2 Å². The Morgan fingerprint density at radius 2 is 1.93 bits per heavy atom. The number of para-hydroxylation sites is 1. The minimum Gasteiger partial charge on any atom is -0.308 e. The lowest BCUT2D eigenvalue weighted by molar-refractivity contribution is 0.256. The zero-order valence-corrected chi connectivity index (χ0v) is 17.1. The minimum atomic E-state index is -0.185. The van der Waals surface area contributed by atoms with Gasteiger partial charge in [0, 0.05) is 24.3 Å². The Morgan fingerprint density at radius 1 is 1.10 bits per heavy atom. The number of rotatable bonds is 4. The molecule has 1 aliphatic rings. The molecule has 0 atom stereocenters. The molecule has 0 spiro atoms. The number of hydrogen-bond acceptors (Lipinski definition) is 3. The van der Waals surface area contributed by atoms with Gasteiger partial charge in [0.05, 0.1) is 6.54 Å². The topological polar surface area (TPSA) is 63.1 Å². The van der Waals surface area contributed by atoms with Crippen LogP contribution in [0.15, 0.2) is 48.5 Å². The summed E-state index contributed by atoms with van der Waals surface area (Å²) >= 11 is 0. The summed E-state index contributed by atoms with van der Waals surface area (Å²) in [6.45, 7) is 5.30. The molecule has 0 fully saturated rings. The van der Waals surface area contributed by atoms with E-state index in [9.17, 15) is 4.79 Å². The van der Waals surface area contributed by atoms with E-state index < -0.39 is 0 Å². The van der Waals surface area contributed by atoms with E-state index in [4.69, 9.17) is 10.1 Å². The molecular weight excluding hydrogens is 362 g/mol. The molecule has 150 valence electrons. The smallest absolute Gasteiger partial charge is 0.308 e. The van der Waals surface area contributed by atoms with E-state index in [1.165, 1.54) is 6.42 Å². The van der Waals surface area contributed by atoms with Crippen molar-refractivity contribution in [2.24, 2.45) is 0 Å². The highest BCUT2D eigenvalue weighted by molar-refractivity contribution is 6.02. The molecule has 2 amide bonds. The molecule has 29 heavy (non-hydrogen) atoms. The first kappa shape index (κ1) is 19.2. The van der Waals surface area contributed by atoms with Gasteiger partial charge in [-0.1, -0.05) is 36.8 Å². The van der Waals surface area contributed by atoms with Gasteiger partial charge < -0.3 is 5.32 Å². The van der Waals surface area contributed by atoms with Crippen molar-refractivity contribution in [1.29, 1.82) is 0 Å². The summed E-state index contributed by atoms with van der Waals surface area (Å²) in [6, 6.07) is 15.5. The maximum atomic E-state index is 13.2. The van der Waals surface area contributed by atoms with Crippen molar-refractivity contribution in [3.63, 3.8) is 0 Å². The van der Waals surface area contributed by atoms with Gasteiger partial charge in [-0.15, -0.1) is 0 Å². The van der Waals surface area contributed by atoms with Gasteiger partial charge in [-0.25, -0.2) is 14.5 Å². The molecule has 0 aliphatic carbocycles. The Balaban J connectivity index is 1.64. The number of aromatic nitrogens is 3. The van der Waals surface area contributed by atoms with Crippen molar-refractivity contribution in [2.75, 3.05) is 10.2 Å². The van der Waals surface area contributed by atoms with Crippen LogP contribution in [0.5, 0.6) is 0 Å². The fraction of sp³-hybridized carbons (Fsp3) is 0.348. The maximum absolute atomic E-state index is 13.2. The lowest BCUT2D eigenvalue weighted by Crippen LogP contribution is -2.35. The predicted molar refractivity (Wildman–Crippen MR) is 115 cm³/mol. The second-order valence-corrected chi connectivity index (χ2v) is 7.65. The zero-order valence-electron chi connectivity index (χ0n) is 17.1. The zero-order chi connectivity index (χ0) is 20.2. The number of anilines is 2. The lowest BCUT2D eigenvalue weighted by Gasteiger charge is -2.24. The highest BCUT2D eigenvalue weighted by atomic mass is 16.2. The average molecular weight is 390 g/mol. The summed E-state index contributed by atoms with van der Waals surface area (Å²) in [4.78, 5) is 19.7. The molecule has 0 saturated carbocycles. The Kier molecular flexibility index (Phi) is 5.60. The number of aryl methyl sites for hydroxylation is 4. The fourth-order valence-corrected chi connectivity index (χ4v) is 3.71. The van der Waals surface area contributed by atoms with Gasteiger partial charge >= 0.3 is 6.03 Å². The Bertz CT molecular complexity index is 972. The fourth-order valence-electron chi connectivity index (χ4n) is 3.71. The van der Waals surface area contributed by atoms with Crippen molar-refractivity contribution in [2.45, 2.75) is 52.6 Å². The SMILES string of the molecule is Cc1ccc(C)c(N(Cc2nc3n(n2)CCCCC3)C(=O)Nc2ccccc2)c1. The van der Waals surface area contributed by atoms with E-state index in [1.807, 2.05) is 61.0 Å². The molecule has 0 saturated heterocycles. The van der Waals surface area contributed by atoms with E-state index in [0.717, 1.165) is 54.1 Å². The van der Waals surface area contributed by atoms with Gasteiger partial charge in [0.15, 0.2) is 5.82 Å². The second kappa shape index (κ2) is 8.47. The molecule has 0 radical (unpaired) electrons. The third-order valence-corrected chi connectivity index (χ3v) is 5.29. The van der Waals surface area contributed by atoms with E-state index >= 15 is 0 Å². The van der Waals surface area contributed by atoms with Crippen molar-refractivity contribution in [3.8, 4) is 0 Å². The molecule has 6 heteroatoms. The molecule has 3 aromatic rings. The van der Waals surface area contributed by atoms with E-state index in [1.54, 1.807) is 4.90 Å². The van der Waals surface area contributed by atoms with Crippen LogP contribution in [0.1, 0.15) is 42.0 Å². The van der Waals surface area contributed by atoms with Gasteiger partial charge in [-0.3, -0.25) is 4.90 Å². The third-order valence-electron chi connectivity index (χ3n) is 5.29. The van der Waals surface area contributed by atoms with Crippen LogP contribution in [-0.2, 0) is 19.5 Å². The monoisotopic (exact) mass is 389 g/mol. The van der Waals surface area contributed by atoms with Crippen LogP contribution in [0.2, 0.25) is 0 Å². The summed E-state index contributed by atoms with van der Waals surface area (Å²) in [6.07, 6.45) is 4.44. The molecule has 1 aromatic heterocycles. The number of nitrogens with one attached hydrogen (secondary N) is 1. The number of carbonyl (C=O) groups is 1. The molecule has 0 bridgehead atoms. The van der Waals surface area contributed by atoms with Crippen LogP contribution in [0.25, 0.3) is 0 Å². The van der Waals surface area contributed by atoms with Gasteiger partial charge in [0.25, 0.3) is 0 Å². The Morgan fingerprint density at radius 3 is 2.76 bits per heavy atom. The van der Waals surface area contributed by atoms with Crippen molar-refractivity contribution in [3.05, 3.63) is 71.3 Å². The van der Waals surface area contributed by atoms with Gasteiger partial charge in [0.1, 0.15) is 5.82 Å². The van der Waals surface area contributed by atoms with Crippen molar-refractivity contribution < 1.29 is 4.79 Å². The van der Waals surface area contributed by atoms with Gasteiger partial charge in [-0.05, 0) is 56.0 Å². The molecule has 6 nitrogen and oxygen atoms in total. The molecule has 4 rings (SSSR count). The largest absolute Gasteiger partial charge is 0.326 e. The summed E-state index contributed by atoms with van der Waals surface area (Å²) in [7, 11) is 0.